The van der Waals surface area contributed by atoms with Crippen LogP contribution in [0, 0.1) is 6.92 Å². The lowest BCUT2D eigenvalue weighted by molar-refractivity contribution is -0.136. The number of thiazole rings is 1. The molecular weight excluding hydrogens is 563 g/mol. The SMILES string of the molecule is Cc1ccc(NC(=O)C(=O)N[C@H]2CCN(S(=O)(=O)C(F)(F)F)C[C@H]2NC(=O)c2nc3c(s2)CN(C)CC3)nc1. The average molecular weight is 590 g/mol. The van der Waals surface area contributed by atoms with Gasteiger partial charge >= 0.3 is 27.3 Å². The number of piperidine rings is 1. The highest BCUT2D eigenvalue weighted by molar-refractivity contribution is 7.90. The van der Waals surface area contributed by atoms with Crippen LogP contribution in [0.25, 0.3) is 0 Å². The zero-order valence-corrected chi connectivity index (χ0v) is 22.5. The summed E-state index contributed by atoms with van der Waals surface area (Å²) in [6.45, 7) is 1.76. The van der Waals surface area contributed by atoms with E-state index in [0.29, 0.717) is 13.0 Å². The Morgan fingerprint density at radius 1 is 1.10 bits per heavy atom. The van der Waals surface area contributed by atoms with Gasteiger partial charge in [0.1, 0.15) is 5.82 Å². The van der Waals surface area contributed by atoms with Crippen LogP contribution in [0.1, 0.15) is 32.4 Å². The largest absolute Gasteiger partial charge is 0.511 e. The molecule has 0 radical (unpaired) electrons. The number of aromatic nitrogens is 2. The van der Waals surface area contributed by atoms with Gasteiger partial charge in [-0.3, -0.25) is 14.4 Å². The van der Waals surface area contributed by atoms with Crippen LogP contribution < -0.4 is 16.0 Å². The van der Waals surface area contributed by atoms with E-state index < -0.39 is 58.4 Å². The van der Waals surface area contributed by atoms with Crippen molar-refractivity contribution >= 4 is 44.9 Å². The summed E-state index contributed by atoms with van der Waals surface area (Å²) in [5, 5.41) is 7.30. The fraction of sp³-hybridized carbons (Fsp3) is 0.500. The average Bonchev–Trinajstić information content (AvgIpc) is 3.29. The van der Waals surface area contributed by atoms with Crippen LogP contribution in [0.2, 0.25) is 0 Å². The topological polar surface area (TPSA) is 154 Å². The normalized spacial score (nSPS) is 20.6. The van der Waals surface area contributed by atoms with Gasteiger partial charge in [-0.05, 0) is 32.0 Å². The Bertz CT molecular complexity index is 1370. The van der Waals surface area contributed by atoms with Crippen LogP contribution in [0.4, 0.5) is 19.0 Å². The number of nitrogens with zero attached hydrogens (tertiary/aromatic N) is 4. The van der Waals surface area contributed by atoms with Crippen molar-refractivity contribution in [3.05, 3.63) is 39.5 Å². The number of carbonyl (C=O) groups excluding carboxylic acids is 3. The lowest BCUT2D eigenvalue weighted by atomic mass is 10.0. The van der Waals surface area contributed by atoms with E-state index in [1.807, 2.05) is 11.9 Å². The third kappa shape index (κ3) is 6.54. The van der Waals surface area contributed by atoms with Gasteiger partial charge in [0.15, 0.2) is 5.01 Å². The highest BCUT2D eigenvalue weighted by Gasteiger charge is 2.52. The number of sulfonamides is 1. The fourth-order valence-corrected chi connectivity index (χ4v) is 6.29. The maximum atomic E-state index is 13.2. The van der Waals surface area contributed by atoms with Crippen LogP contribution in [-0.2, 0) is 32.6 Å². The molecule has 0 spiro atoms. The second-order valence-corrected chi connectivity index (χ2v) is 12.3. The van der Waals surface area contributed by atoms with Gasteiger partial charge in [-0.25, -0.2) is 18.4 Å². The molecule has 0 aromatic carbocycles. The molecule has 4 rings (SSSR count). The van der Waals surface area contributed by atoms with Crippen molar-refractivity contribution in [3.8, 4) is 0 Å². The number of rotatable bonds is 5. The van der Waals surface area contributed by atoms with E-state index in [-0.39, 0.29) is 21.6 Å². The number of likely N-dealkylation sites (N-methyl/N-ethyl adjacent to an activating group) is 1. The molecule has 3 N–H and O–H groups in total. The molecular formula is C22H26F3N7O5S2. The summed E-state index contributed by atoms with van der Waals surface area (Å²) in [4.78, 5) is 49.3. The molecule has 2 aliphatic heterocycles. The summed E-state index contributed by atoms with van der Waals surface area (Å²) < 4.78 is 64.0. The van der Waals surface area contributed by atoms with Crippen molar-refractivity contribution in [2.45, 2.75) is 43.9 Å². The number of nitrogens with one attached hydrogen (secondary N) is 3. The molecule has 0 aliphatic carbocycles. The van der Waals surface area contributed by atoms with Crippen LogP contribution in [0.3, 0.4) is 0 Å². The molecule has 17 heteroatoms. The molecule has 0 unspecified atom stereocenters. The van der Waals surface area contributed by atoms with E-state index in [0.717, 1.165) is 34.0 Å². The second kappa shape index (κ2) is 11.1. The Morgan fingerprint density at radius 2 is 1.85 bits per heavy atom. The second-order valence-electron chi connectivity index (χ2n) is 9.31. The number of amides is 3. The first-order chi connectivity index (χ1) is 18.2. The first kappa shape index (κ1) is 28.8. The Labute approximate surface area is 226 Å². The van der Waals surface area contributed by atoms with Crippen molar-refractivity contribution in [3.63, 3.8) is 0 Å². The Balaban J connectivity index is 1.50. The predicted octanol–water partition coefficient (Wildman–Crippen LogP) is 0.612. The van der Waals surface area contributed by atoms with E-state index >= 15 is 0 Å². The van der Waals surface area contributed by atoms with Gasteiger partial charge in [-0.1, -0.05) is 6.07 Å². The minimum atomic E-state index is -5.69. The number of hydrogen-bond acceptors (Lipinski definition) is 9. The summed E-state index contributed by atoms with van der Waals surface area (Å²) in [6.07, 6.45) is 1.81. The minimum absolute atomic E-state index is 0.0689. The van der Waals surface area contributed by atoms with E-state index in [2.05, 4.69) is 25.9 Å². The first-order valence-corrected chi connectivity index (χ1v) is 14.1. The van der Waals surface area contributed by atoms with Crippen LogP contribution in [-0.4, -0.2) is 89.6 Å². The molecule has 2 aromatic rings. The van der Waals surface area contributed by atoms with Gasteiger partial charge < -0.3 is 20.9 Å². The number of anilines is 1. The Kier molecular flexibility index (Phi) is 8.25. The summed E-state index contributed by atoms with van der Waals surface area (Å²) in [7, 11) is -3.78. The number of carbonyl (C=O) groups is 3. The molecule has 39 heavy (non-hydrogen) atoms. The predicted molar refractivity (Wildman–Crippen MR) is 134 cm³/mol. The maximum Gasteiger partial charge on any atom is 0.511 e. The van der Waals surface area contributed by atoms with Crippen molar-refractivity contribution in [1.29, 1.82) is 0 Å². The fourth-order valence-electron chi connectivity index (χ4n) is 4.21. The van der Waals surface area contributed by atoms with Gasteiger partial charge in [-0.2, -0.15) is 17.5 Å². The van der Waals surface area contributed by atoms with E-state index in [1.165, 1.54) is 12.3 Å². The summed E-state index contributed by atoms with van der Waals surface area (Å²) in [5.74, 6) is -2.82. The van der Waals surface area contributed by atoms with Crippen molar-refractivity contribution in [1.82, 2.24) is 29.8 Å². The van der Waals surface area contributed by atoms with Crippen molar-refractivity contribution in [2.24, 2.45) is 0 Å². The van der Waals surface area contributed by atoms with E-state index in [4.69, 9.17) is 0 Å². The number of pyridine rings is 1. The van der Waals surface area contributed by atoms with Gasteiger partial charge in [0.05, 0.1) is 17.8 Å². The van der Waals surface area contributed by atoms with Crippen molar-refractivity contribution in [2.75, 3.05) is 32.0 Å². The van der Waals surface area contributed by atoms with Crippen LogP contribution >= 0.6 is 11.3 Å². The van der Waals surface area contributed by atoms with Crippen LogP contribution in [0.15, 0.2) is 18.3 Å². The molecule has 2 aliphatic rings. The quantitative estimate of drug-likeness (QED) is 0.429. The Morgan fingerprint density at radius 3 is 2.51 bits per heavy atom. The number of hydrogen-bond donors (Lipinski definition) is 3. The van der Waals surface area contributed by atoms with Gasteiger partial charge in [0.25, 0.3) is 5.91 Å². The molecule has 1 saturated heterocycles. The lowest BCUT2D eigenvalue weighted by Gasteiger charge is -2.38. The third-order valence-electron chi connectivity index (χ3n) is 6.32. The monoisotopic (exact) mass is 589 g/mol. The van der Waals surface area contributed by atoms with Crippen LogP contribution in [0.5, 0.6) is 0 Å². The zero-order chi connectivity index (χ0) is 28.5. The molecule has 3 amide bonds. The van der Waals surface area contributed by atoms with Gasteiger partial charge in [0.2, 0.25) is 0 Å². The molecule has 2 atom stereocenters. The van der Waals surface area contributed by atoms with Gasteiger partial charge in [-0.15, -0.1) is 11.3 Å². The summed E-state index contributed by atoms with van der Waals surface area (Å²) in [5.41, 5.74) is -3.97. The highest BCUT2D eigenvalue weighted by atomic mass is 32.2. The molecule has 0 bridgehead atoms. The maximum absolute atomic E-state index is 13.2. The molecule has 212 valence electrons. The number of aryl methyl sites for hydroxylation is 1. The van der Waals surface area contributed by atoms with Gasteiger partial charge in [0, 0.05) is 43.7 Å². The summed E-state index contributed by atoms with van der Waals surface area (Å²) in [6, 6.07) is 0.826. The van der Waals surface area contributed by atoms with E-state index in [1.54, 1.807) is 13.0 Å². The molecule has 2 aromatic heterocycles. The molecule has 1 fully saturated rings. The molecule has 12 nitrogen and oxygen atoms in total. The first-order valence-electron chi connectivity index (χ1n) is 11.8. The Hall–Kier alpha value is -3.15. The molecule has 4 heterocycles. The minimum Gasteiger partial charge on any atom is -0.344 e. The van der Waals surface area contributed by atoms with E-state index in [9.17, 15) is 36.0 Å². The zero-order valence-electron chi connectivity index (χ0n) is 20.9. The number of fused-ring (bicyclic) bond motifs is 1. The third-order valence-corrected chi connectivity index (χ3v) is 8.99. The lowest BCUT2D eigenvalue weighted by Crippen LogP contribution is -2.63. The van der Waals surface area contributed by atoms with Crippen molar-refractivity contribution < 1.29 is 36.0 Å². The number of halogens is 3. The number of alkyl halides is 3. The summed E-state index contributed by atoms with van der Waals surface area (Å²) >= 11 is 1.13. The standard InChI is InChI=1S/C22H26F3N7O5S2/c1-12-3-4-17(26-9-12)30-19(34)18(33)27-13-6-8-32(39(36,37)22(23,24)25)10-15(13)28-20(35)21-29-14-5-7-31(2)11-16(14)38-21/h3-4,9,13,15H,5-8,10-11H2,1-2H3,(H,27,33)(H,28,35)(H,26,30,34)/t13-,15+/m0/s1. The smallest absolute Gasteiger partial charge is 0.344 e. The molecule has 0 saturated carbocycles. The highest BCUT2D eigenvalue weighted by Crippen LogP contribution is 2.30.